The zero-order valence-corrected chi connectivity index (χ0v) is 15.5. The molecular formula is C20H12BrN3O3. The molecule has 0 unspecified atom stereocenters. The van der Waals surface area contributed by atoms with Crippen LogP contribution in [0.15, 0.2) is 62.9 Å². The van der Waals surface area contributed by atoms with E-state index in [1.54, 1.807) is 24.3 Å². The minimum absolute atomic E-state index is 0.0332. The summed E-state index contributed by atoms with van der Waals surface area (Å²) in [5.74, 6) is 0.367. The van der Waals surface area contributed by atoms with Crippen LogP contribution in [0.5, 0.6) is 0 Å². The number of hydrogen-bond donors (Lipinski definition) is 1. The molecule has 0 saturated carbocycles. The van der Waals surface area contributed by atoms with E-state index in [-0.39, 0.29) is 18.4 Å². The maximum Gasteiger partial charge on any atom is 0.261 e. The Balaban J connectivity index is 1.54. The molecule has 0 aliphatic carbocycles. The maximum absolute atomic E-state index is 12.6. The van der Waals surface area contributed by atoms with Gasteiger partial charge in [0, 0.05) is 9.86 Å². The second kappa shape index (κ2) is 5.65. The molecule has 1 aromatic heterocycles. The van der Waals surface area contributed by atoms with Gasteiger partial charge < -0.3 is 9.73 Å². The van der Waals surface area contributed by atoms with E-state index in [2.05, 4.69) is 32.8 Å². The molecule has 0 bridgehead atoms. The molecule has 1 N–H and O–H groups in total. The van der Waals surface area contributed by atoms with Crippen molar-refractivity contribution in [1.29, 1.82) is 0 Å². The average Bonchev–Trinajstić information content (AvgIpc) is 3.14. The molecule has 2 aliphatic rings. The molecule has 0 atom stereocenters. The Morgan fingerprint density at radius 2 is 1.81 bits per heavy atom. The lowest BCUT2D eigenvalue weighted by atomic mass is 10.1. The van der Waals surface area contributed by atoms with Crippen LogP contribution in [0.25, 0.3) is 16.7 Å². The van der Waals surface area contributed by atoms with Crippen molar-refractivity contribution < 1.29 is 14.0 Å². The number of carbonyl (C=O) groups is 2. The highest BCUT2D eigenvalue weighted by atomic mass is 79.9. The van der Waals surface area contributed by atoms with Crippen LogP contribution in [-0.2, 0) is 0 Å². The van der Waals surface area contributed by atoms with Gasteiger partial charge in [-0.1, -0.05) is 34.6 Å². The van der Waals surface area contributed by atoms with Crippen LogP contribution in [-0.4, -0.2) is 29.1 Å². The smallest absolute Gasteiger partial charge is 0.261 e. The van der Waals surface area contributed by atoms with Gasteiger partial charge in [-0.25, -0.2) is 4.99 Å². The molecule has 2 aromatic carbocycles. The molecule has 3 aromatic rings. The molecule has 132 valence electrons. The lowest BCUT2D eigenvalue weighted by Crippen LogP contribution is -2.40. The van der Waals surface area contributed by atoms with E-state index in [0.717, 1.165) is 9.86 Å². The number of furan rings is 1. The molecule has 2 amide bonds. The van der Waals surface area contributed by atoms with E-state index in [0.29, 0.717) is 39.7 Å². The van der Waals surface area contributed by atoms with Crippen molar-refractivity contribution in [3.8, 4) is 0 Å². The van der Waals surface area contributed by atoms with Gasteiger partial charge in [-0.3, -0.25) is 14.5 Å². The zero-order valence-electron chi connectivity index (χ0n) is 14.0. The van der Waals surface area contributed by atoms with Crippen molar-refractivity contribution in [3.63, 3.8) is 0 Å². The third-order valence-corrected chi connectivity index (χ3v) is 5.12. The fraction of sp³-hybridized carbons (Fsp3) is 0.0500. The number of benzene rings is 2. The Kier molecular flexibility index (Phi) is 3.35. The second-order valence-electron chi connectivity index (χ2n) is 6.32. The molecule has 2 aliphatic heterocycles. The molecule has 0 radical (unpaired) electrons. The number of amidine groups is 1. The number of rotatable bonds is 2. The normalized spacial score (nSPS) is 15.7. The van der Waals surface area contributed by atoms with Gasteiger partial charge in [0.05, 0.1) is 23.4 Å². The van der Waals surface area contributed by atoms with E-state index >= 15 is 0 Å². The quantitative estimate of drug-likeness (QED) is 0.632. The molecule has 0 spiro atoms. The number of nitrogens with zero attached hydrogens (tertiary/aromatic N) is 2. The summed E-state index contributed by atoms with van der Waals surface area (Å²) >= 11 is 3.45. The van der Waals surface area contributed by atoms with Gasteiger partial charge in [0.15, 0.2) is 5.76 Å². The number of halogens is 1. The van der Waals surface area contributed by atoms with Crippen LogP contribution in [0.4, 0.5) is 5.69 Å². The number of carbonyl (C=O) groups excluding carboxylic acids is 2. The van der Waals surface area contributed by atoms with Crippen molar-refractivity contribution in [2.45, 2.75) is 0 Å². The van der Waals surface area contributed by atoms with Gasteiger partial charge in [-0.05, 0) is 30.3 Å². The summed E-state index contributed by atoms with van der Waals surface area (Å²) < 4.78 is 6.73. The predicted molar refractivity (Wildman–Crippen MR) is 105 cm³/mol. The predicted octanol–water partition coefficient (Wildman–Crippen LogP) is 4.10. The number of imide groups is 1. The van der Waals surface area contributed by atoms with Crippen LogP contribution in [0.3, 0.4) is 0 Å². The third-order valence-electron chi connectivity index (χ3n) is 4.63. The van der Waals surface area contributed by atoms with Crippen LogP contribution >= 0.6 is 15.9 Å². The van der Waals surface area contributed by atoms with E-state index in [1.807, 2.05) is 18.2 Å². The standard InChI is InChI=1S/C20H12BrN3O3/c1-10-18-17(14-8-11(21)6-7-15(14)27-18)23-16(22-10)9-24-19(25)12-4-2-3-5-13(12)20(24)26/h2-8H,1,9H2,(H,22,23). The minimum atomic E-state index is -0.323. The molecule has 7 heteroatoms. The summed E-state index contributed by atoms with van der Waals surface area (Å²) in [5.41, 5.74) is 2.70. The molecule has 0 fully saturated rings. The summed E-state index contributed by atoms with van der Waals surface area (Å²) in [6.45, 7) is 4.02. The van der Waals surface area contributed by atoms with Crippen molar-refractivity contribution in [3.05, 3.63) is 70.4 Å². The average molecular weight is 422 g/mol. The Morgan fingerprint density at radius 3 is 2.52 bits per heavy atom. The second-order valence-corrected chi connectivity index (χ2v) is 7.24. The van der Waals surface area contributed by atoms with Crippen molar-refractivity contribution in [2.75, 3.05) is 6.54 Å². The van der Waals surface area contributed by atoms with Crippen molar-refractivity contribution in [1.82, 2.24) is 10.2 Å². The number of nitrogens with one attached hydrogen (secondary N) is 1. The fourth-order valence-corrected chi connectivity index (χ4v) is 3.73. The Hall–Kier alpha value is -3.19. The monoisotopic (exact) mass is 421 g/mol. The molecular weight excluding hydrogens is 410 g/mol. The van der Waals surface area contributed by atoms with Gasteiger partial charge in [0.1, 0.15) is 17.1 Å². The fourth-order valence-electron chi connectivity index (χ4n) is 3.37. The lowest BCUT2D eigenvalue weighted by molar-refractivity contribution is 0.0676. The highest BCUT2D eigenvalue weighted by Crippen LogP contribution is 2.39. The maximum atomic E-state index is 12.6. The number of fused-ring (bicyclic) bond motifs is 4. The first kappa shape index (κ1) is 16.0. The first-order chi connectivity index (χ1) is 13.0. The molecule has 3 heterocycles. The Morgan fingerprint density at radius 1 is 1.11 bits per heavy atom. The van der Waals surface area contributed by atoms with Crippen molar-refractivity contribution >= 4 is 55.9 Å². The van der Waals surface area contributed by atoms with E-state index < -0.39 is 0 Å². The Bertz CT molecular complexity index is 1170. The zero-order chi connectivity index (χ0) is 18.7. The molecule has 27 heavy (non-hydrogen) atoms. The first-order valence-corrected chi connectivity index (χ1v) is 9.03. The largest absolute Gasteiger partial charge is 0.452 e. The van der Waals surface area contributed by atoms with Crippen LogP contribution in [0.2, 0.25) is 0 Å². The SMILES string of the molecule is C=C1NC(CN2C(=O)c3ccccc3C2=O)=Nc2c1oc1ccc(Br)cc21. The van der Waals surface area contributed by atoms with Gasteiger partial charge in [0.25, 0.3) is 11.8 Å². The van der Waals surface area contributed by atoms with Gasteiger partial charge >= 0.3 is 0 Å². The van der Waals surface area contributed by atoms with Crippen molar-refractivity contribution in [2.24, 2.45) is 4.99 Å². The summed E-state index contributed by atoms with van der Waals surface area (Å²) in [6.07, 6.45) is 0. The summed E-state index contributed by atoms with van der Waals surface area (Å²) in [4.78, 5) is 31.0. The molecule has 5 rings (SSSR count). The number of amides is 2. The number of aliphatic imine (C=N–C) groups is 1. The van der Waals surface area contributed by atoms with Crippen LogP contribution in [0, 0.1) is 0 Å². The lowest BCUT2D eigenvalue weighted by Gasteiger charge is -2.20. The first-order valence-electron chi connectivity index (χ1n) is 8.24. The van der Waals surface area contributed by atoms with Gasteiger partial charge in [-0.2, -0.15) is 0 Å². The minimum Gasteiger partial charge on any atom is -0.452 e. The topological polar surface area (TPSA) is 74.9 Å². The van der Waals surface area contributed by atoms with Crippen LogP contribution in [0.1, 0.15) is 26.5 Å². The molecule has 0 saturated heterocycles. The van der Waals surface area contributed by atoms with Gasteiger partial charge in [-0.15, -0.1) is 0 Å². The number of hydrogen-bond acceptors (Lipinski definition) is 5. The summed E-state index contributed by atoms with van der Waals surface area (Å²) in [7, 11) is 0. The Labute approximate surface area is 162 Å². The van der Waals surface area contributed by atoms with Crippen LogP contribution < -0.4 is 5.32 Å². The highest BCUT2D eigenvalue weighted by Gasteiger charge is 2.36. The third kappa shape index (κ3) is 2.35. The summed E-state index contributed by atoms with van der Waals surface area (Å²) in [6, 6.07) is 12.5. The van der Waals surface area contributed by atoms with Gasteiger partial charge in [0.2, 0.25) is 0 Å². The highest BCUT2D eigenvalue weighted by molar-refractivity contribution is 9.10. The summed E-state index contributed by atoms with van der Waals surface area (Å²) in [5, 5.41) is 3.88. The van der Waals surface area contributed by atoms with E-state index in [1.165, 1.54) is 4.90 Å². The van der Waals surface area contributed by atoms with E-state index in [4.69, 9.17) is 4.42 Å². The van der Waals surface area contributed by atoms with E-state index in [9.17, 15) is 9.59 Å². The molecule has 6 nitrogen and oxygen atoms in total.